The molecule has 0 spiro atoms. The molecule has 24 heavy (non-hydrogen) atoms. The number of rotatable bonds is 5. The van der Waals surface area contributed by atoms with Crippen LogP contribution in [0.3, 0.4) is 0 Å². The molecule has 3 aromatic heterocycles. The molecule has 1 unspecified atom stereocenters. The van der Waals surface area contributed by atoms with Gasteiger partial charge in [-0.15, -0.1) is 11.3 Å². The van der Waals surface area contributed by atoms with Gasteiger partial charge in [0.25, 0.3) is 0 Å². The molecular weight excluding hydrogens is 324 g/mol. The number of aromatic nitrogens is 5. The van der Waals surface area contributed by atoms with Gasteiger partial charge in [-0.2, -0.15) is 5.10 Å². The average Bonchev–Trinajstić information content (AvgIpc) is 3.21. The van der Waals surface area contributed by atoms with Crippen molar-refractivity contribution < 1.29 is 4.74 Å². The van der Waals surface area contributed by atoms with Crippen molar-refractivity contribution in [3.05, 3.63) is 28.9 Å². The highest BCUT2D eigenvalue weighted by Crippen LogP contribution is 2.31. The minimum Gasteiger partial charge on any atom is -0.377 e. The summed E-state index contributed by atoms with van der Waals surface area (Å²) in [5, 5.41) is 11.3. The number of nitrogens with zero attached hydrogens (tertiary/aromatic N) is 5. The van der Waals surface area contributed by atoms with Crippen molar-refractivity contribution in [2.75, 3.05) is 12.4 Å². The lowest BCUT2D eigenvalue weighted by Gasteiger charge is -2.24. The van der Waals surface area contributed by atoms with E-state index in [0.717, 1.165) is 59.3 Å². The second kappa shape index (κ2) is 6.45. The molecule has 0 radical (unpaired) electrons. The summed E-state index contributed by atoms with van der Waals surface area (Å²) in [4.78, 5) is 15.0. The van der Waals surface area contributed by atoms with Crippen molar-refractivity contribution in [2.24, 2.45) is 0 Å². The summed E-state index contributed by atoms with van der Waals surface area (Å²) < 4.78 is 7.15. The zero-order valence-electron chi connectivity index (χ0n) is 13.8. The van der Waals surface area contributed by atoms with Crippen LogP contribution in [0.25, 0.3) is 10.2 Å². The quantitative estimate of drug-likeness (QED) is 0.767. The molecule has 0 saturated heterocycles. The number of methoxy groups -OCH3 is 1. The molecule has 7 nitrogen and oxygen atoms in total. The van der Waals surface area contributed by atoms with E-state index < -0.39 is 0 Å². The van der Waals surface area contributed by atoms with Gasteiger partial charge in [-0.1, -0.05) is 6.92 Å². The molecule has 0 bridgehead atoms. The summed E-state index contributed by atoms with van der Waals surface area (Å²) in [6.45, 7) is 3.42. The molecule has 0 aromatic carbocycles. The maximum absolute atomic E-state index is 5.16. The van der Waals surface area contributed by atoms with Gasteiger partial charge >= 0.3 is 0 Å². The Morgan fingerprint density at radius 1 is 1.33 bits per heavy atom. The van der Waals surface area contributed by atoms with Gasteiger partial charge in [-0.25, -0.2) is 19.6 Å². The summed E-state index contributed by atoms with van der Waals surface area (Å²) in [7, 11) is 1.66. The Morgan fingerprint density at radius 3 is 3.08 bits per heavy atom. The number of thiophene rings is 1. The van der Waals surface area contributed by atoms with Gasteiger partial charge in [-0.05, 0) is 24.3 Å². The van der Waals surface area contributed by atoms with E-state index in [1.165, 1.54) is 0 Å². The highest BCUT2D eigenvalue weighted by Gasteiger charge is 2.25. The Labute approximate surface area is 144 Å². The first-order valence-electron chi connectivity index (χ1n) is 8.21. The fourth-order valence-corrected chi connectivity index (χ4v) is 3.84. The number of hydrogen-bond acceptors (Lipinski definition) is 7. The second-order valence-electron chi connectivity index (χ2n) is 5.86. The summed E-state index contributed by atoms with van der Waals surface area (Å²) in [5.74, 6) is 3.46. The fraction of sp³-hybridized carbons (Fsp3) is 0.500. The van der Waals surface area contributed by atoms with Crippen LogP contribution in [0.5, 0.6) is 0 Å². The van der Waals surface area contributed by atoms with Gasteiger partial charge in [0.15, 0.2) is 5.82 Å². The van der Waals surface area contributed by atoms with Crippen molar-refractivity contribution in [3.63, 3.8) is 0 Å². The zero-order chi connectivity index (χ0) is 16.5. The van der Waals surface area contributed by atoms with E-state index in [2.05, 4.69) is 38.8 Å². The Kier molecular flexibility index (Phi) is 4.15. The standard InChI is InChI=1S/C16H20N6OS/c1-3-12-18-14(10-6-8-24-16(10)20-12)17-11-5-4-7-22-15(11)19-13(21-22)9-23-2/h6,8,11H,3-5,7,9H2,1-2H3,(H,17,18,20). The first-order valence-corrected chi connectivity index (χ1v) is 9.09. The van der Waals surface area contributed by atoms with E-state index in [1.54, 1.807) is 18.4 Å². The molecule has 4 heterocycles. The molecular formula is C16H20N6OS. The Bertz CT molecular complexity index is 857. The summed E-state index contributed by atoms with van der Waals surface area (Å²) in [6, 6.07) is 2.19. The van der Waals surface area contributed by atoms with E-state index >= 15 is 0 Å². The van der Waals surface area contributed by atoms with E-state index in [4.69, 9.17) is 9.72 Å². The third-order valence-corrected chi connectivity index (χ3v) is 5.00. The van der Waals surface area contributed by atoms with Crippen molar-refractivity contribution in [1.29, 1.82) is 0 Å². The van der Waals surface area contributed by atoms with Gasteiger partial charge in [0, 0.05) is 20.1 Å². The van der Waals surface area contributed by atoms with Crippen LogP contribution < -0.4 is 5.32 Å². The molecule has 0 amide bonds. The lowest BCUT2D eigenvalue weighted by molar-refractivity contribution is 0.177. The van der Waals surface area contributed by atoms with Crippen LogP contribution in [0, 0.1) is 0 Å². The van der Waals surface area contributed by atoms with E-state index in [0.29, 0.717) is 6.61 Å². The molecule has 3 aromatic rings. The van der Waals surface area contributed by atoms with Crippen LogP contribution in [0.4, 0.5) is 5.82 Å². The molecule has 0 aliphatic carbocycles. The first kappa shape index (κ1) is 15.5. The van der Waals surface area contributed by atoms with Gasteiger partial charge in [0.2, 0.25) is 0 Å². The summed E-state index contributed by atoms with van der Waals surface area (Å²) >= 11 is 1.65. The Morgan fingerprint density at radius 2 is 2.25 bits per heavy atom. The monoisotopic (exact) mass is 344 g/mol. The fourth-order valence-electron chi connectivity index (χ4n) is 3.06. The van der Waals surface area contributed by atoms with Crippen LogP contribution in [-0.4, -0.2) is 31.8 Å². The van der Waals surface area contributed by atoms with E-state index in [9.17, 15) is 0 Å². The van der Waals surface area contributed by atoms with Crippen LogP contribution in [0.1, 0.15) is 43.3 Å². The number of nitrogens with one attached hydrogen (secondary N) is 1. The molecule has 1 aliphatic heterocycles. The third-order valence-electron chi connectivity index (χ3n) is 4.19. The van der Waals surface area contributed by atoms with Crippen molar-refractivity contribution >= 4 is 27.4 Å². The summed E-state index contributed by atoms with van der Waals surface area (Å²) in [5.41, 5.74) is 0. The molecule has 0 saturated carbocycles. The van der Waals surface area contributed by atoms with Gasteiger partial charge < -0.3 is 10.1 Å². The van der Waals surface area contributed by atoms with Gasteiger partial charge in [-0.3, -0.25) is 0 Å². The smallest absolute Gasteiger partial charge is 0.176 e. The predicted octanol–water partition coefficient (Wildman–Crippen LogP) is 2.94. The zero-order valence-corrected chi connectivity index (χ0v) is 14.6. The lowest BCUT2D eigenvalue weighted by atomic mass is 10.1. The number of ether oxygens (including phenoxy) is 1. The second-order valence-corrected chi connectivity index (χ2v) is 6.76. The normalized spacial score (nSPS) is 17.2. The van der Waals surface area contributed by atoms with Crippen LogP contribution in [-0.2, 0) is 24.3 Å². The number of fused-ring (bicyclic) bond motifs is 2. The van der Waals surface area contributed by atoms with Gasteiger partial charge in [0.1, 0.15) is 28.9 Å². The molecule has 1 atom stereocenters. The summed E-state index contributed by atoms with van der Waals surface area (Å²) in [6.07, 6.45) is 2.91. The van der Waals surface area contributed by atoms with Crippen molar-refractivity contribution in [2.45, 2.75) is 45.4 Å². The highest BCUT2D eigenvalue weighted by molar-refractivity contribution is 7.16. The molecule has 0 fully saturated rings. The predicted molar refractivity (Wildman–Crippen MR) is 93.1 cm³/mol. The molecule has 126 valence electrons. The van der Waals surface area contributed by atoms with Gasteiger partial charge in [0.05, 0.1) is 11.4 Å². The highest BCUT2D eigenvalue weighted by atomic mass is 32.1. The average molecular weight is 344 g/mol. The molecule has 1 aliphatic rings. The number of anilines is 1. The molecule has 8 heteroatoms. The largest absolute Gasteiger partial charge is 0.377 e. The maximum atomic E-state index is 5.16. The lowest BCUT2D eigenvalue weighted by Crippen LogP contribution is -2.23. The van der Waals surface area contributed by atoms with Crippen LogP contribution >= 0.6 is 11.3 Å². The Balaban J connectivity index is 1.68. The topological polar surface area (TPSA) is 77.8 Å². The van der Waals surface area contributed by atoms with Crippen LogP contribution in [0.15, 0.2) is 11.4 Å². The first-order chi connectivity index (χ1) is 11.8. The maximum Gasteiger partial charge on any atom is 0.176 e. The SMILES string of the molecule is CCc1nc(NC2CCCn3nc(COC)nc32)c2ccsc2n1. The third kappa shape index (κ3) is 2.76. The van der Waals surface area contributed by atoms with E-state index in [1.807, 2.05) is 4.68 Å². The number of aryl methyl sites for hydroxylation is 2. The van der Waals surface area contributed by atoms with Crippen LogP contribution in [0.2, 0.25) is 0 Å². The minimum atomic E-state index is 0.111. The Hall–Kier alpha value is -2.06. The van der Waals surface area contributed by atoms with E-state index in [-0.39, 0.29) is 6.04 Å². The molecule has 1 N–H and O–H groups in total. The molecule has 4 rings (SSSR count). The van der Waals surface area contributed by atoms with Crippen molar-refractivity contribution in [3.8, 4) is 0 Å². The minimum absolute atomic E-state index is 0.111. The van der Waals surface area contributed by atoms with Crippen molar-refractivity contribution in [1.82, 2.24) is 24.7 Å². The number of hydrogen-bond donors (Lipinski definition) is 1.